The van der Waals surface area contributed by atoms with Gasteiger partial charge in [0.15, 0.2) is 6.10 Å². The molecule has 29 heavy (non-hydrogen) atoms. The average Bonchev–Trinajstić information content (AvgIpc) is 3.36. The first-order valence-electron chi connectivity index (χ1n) is 9.08. The van der Waals surface area contributed by atoms with Crippen molar-refractivity contribution in [3.63, 3.8) is 0 Å². The number of anilines is 1. The highest BCUT2D eigenvalue weighted by atomic mass is 16.6. The molecule has 2 heterocycles. The number of imide groups is 1. The summed E-state index contributed by atoms with van der Waals surface area (Å²) in [6.45, 7) is 1.62. The quantitative estimate of drug-likeness (QED) is 0.485. The maximum Gasteiger partial charge on any atom is 0.338 e. The minimum absolute atomic E-state index is 0.165. The van der Waals surface area contributed by atoms with Crippen LogP contribution in [0.15, 0.2) is 59.0 Å². The number of amides is 2. The molecule has 0 aliphatic carbocycles. The zero-order chi connectivity index (χ0) is 20.4. The summed E-state index contributed by atoms with van der Waals surface area (Å²) in [7, 11) is 0. The Bertz CT molecular complexity index is 1060. The van der Waals surface area contributed by atoms with Crippen LogP contribution >= 0.6 is 0 Å². The normalized spacial score (nSPS) is 14.9. The van der Waals surface area contributed by atoms with Crippen LogP contribution in [0.3, 0.4) is 0 Å². The van der Waals surface area contributed by atoms with Gasteiger partial charge in [-0.3, -0.25) is 14.5 Å². The highest BCUT2D eigenvalue weighted by molar-refractivity contribution is 6.20. The van der Waals surface area contributed by atoms with E-state index in [4.69, 9.17) is 9.15 Å². The lowest BCUT2D eigenvalue weighted by Gasteiger charge is -2.15. The first-order chi connectivity index (χ1) is 14.0. The van der Waals surface area contributed by atoms with Gasteiger partial charge >= 0.3 is 5.97 Å². The summed E-state index contributed by atoms with van der Waals surface area (Å²) in [6.07, 6.45) is -0.428. The monoisotopic (exact) mass is 391 g/mol. The number of hydrogen-bond donors (Lipinski definition) is 0. The van der Waals surface area contributed by atoms with E-state index < -0.39 is 12.1 Å². The lowest BCUT2D eigenvalue weighted by atomic mass is 10.2. The molecule has 146 valence electrons. The van der Waals surface area contributed by atoms with Gasteiger partial charge in [-0.05, 0) is 37.3 Å². The second kappa shape index (κ2) is 7.67. The number of nitrogens with zero attached hydrogens (tertiary/aromatic N) is 3. The van der Waals surface area contributed by atoms with Crippen LogP contribution in [0.5, 0.6) is 0 Å². The number of aromatic nitrogens is 2. The van der Waals surface area contributed by atoms with E-state index in [0.29, 0.717) is 11.6 Å². The number of ether oxygens (including phenoxy) is 1. The van der Waals surface area contributed by atoms with Crippen LogP contribution in [0, 0.1) is 0 Å². The molecule has 4 rings (SSSR count). The van der Waals surface area contributed by atoms with Crippen molar-refractivity contribution in [2.24, 2.45) is 0 Å². The van der Waals surface area contributed by atoms with Crippen molar-refractivity contribution in [1.82, 2.24) is 10.2 Å². The summed E-state index contributed by atoms with van der Waals surface area (Å²) in [5.41, 5.74) is 1.32. The van der Waals surface area contributed by atoms with Crippen LogP contribution in [-0.4, -0.2) is 28.0 Å². The van der Waals surface area contributed by atoms with Gasteiger partial charge in [0, 0.05) is 18.4 Å². The van der Waals surface area contributed by atoms with Crippen LogP contribution in [0.4, 0.5) is 5.69 Å². The fourth-order valence-corrected chi connectivity index (χ4v) is 3.01. The van der Waals surface area contributed by atoms with Gasteiger partial charge in [-0.15, -0.1) is 10.2 Å². The Morgan fingerprint density at radius 2 is 1.76 bits per heavy atom. The third-order valence-corrected chi connectivity index (χ3v) is 4.48. The summed E-state index contributed by atoms with van der Waals surface area (Å²) < 4.78 is 11.0. The van der Waals surface area contributed by atoms with Crippen molar-refractivity contribution in [2.75, 3.05) is 4.90 Å². The van der Waals surface area contributed by atoms with Gasteiger partial charge in [0.2, 0.25) is 17.7 Å². The molecule has 0 saturated carbocycles. The molecule has 0 radical (unpaired) electrons. The number of benzene rings is 2. The summed E-state index contributed by atoms with van der Waals surface area (Å²) in [6, 6.07) is 15.5. The van der Waals surface area contributed by atoms with Crippen molar-refractivity contribution in [1.29, 1.82) is 0 Å². The van der Waals surface area contributed by atoms with Gasteiger partial charge < -0.3 is 9.15 Å². The fourth-order valence-electron chi connectivity index (χ4n) is 3.01. The molecule has 8 heteroatoms. The molecular weight excluding hydrogens is 374 g/mol. The minimum Gasteiger partial charge on any atom is -0.449 e. The van der Waals surface area contributed by atoms with E-state index in [1.165, 1.54) is 6.07 Å². The number of carbonyl (C=O) groups is 3. The Balaban J connectivity index is 1.48. The number of esters is 1. The summed E-state index contributed by atoms with van der Waals surface area (Å²) in [4.78, 5) is 37.4. The van der Waals surface area contributed by atoms with Crippen molar-refractivity contribution in [3.8, 4) is 11.5 Å². The Kier molecular flexibility index (Phi) is 4.90. The maximum atomic E-state index is 12.5. The largest absolute Gasteiger partial charge is 0.449 e. The van der Waals surface area contributed by atoms with E-state index in [1.54, 1.807) is 25.1 Å². The Morgan fingerprint density at radius 1 is 1.03 bits per heavy atom. The molecule has 8 nitrogen and oxygen atoms in total. The molecule has 0 N–H and O–H groups in total. The SMILES string of the molecule is CC(OC(=O)c1cccc(N2C(=O)CCC2=O)c1)c1nnc(-c2ccccc2)o1. The van der Waals surface area contributed by atoms with Crippen molar-refractivity contribution in [3.05, 3.63) is 66.1 Å². The molecule has 1 atom stereocenters. The predicted molar refractivity (Wildman–Crippen MR) is 102 cm³/mol. The lowest BCUT2D eigenvalue weighted by molar-refractivity contribution is -0.121. The van der Waals surface area contributed by atoms with E-state index in [2.05, 4.69) is 10.2 Å². The zero-order valence-electron chi connectivity index (χ0n) is 15.6. The molecule has 2 amide bonds. The molecule has 1 unspecified atom stereocenters. The molecule has 1 aliphatic heterocycles. The minimum atomic E-state index is -0.772. The molecule has 2 aromatic carbocycles. The predicted octanol–water partition coefficient (Wildman–Crippen LogP) is 3.31. The number of carbonyl (C=O) groups excluding carboxylic acids is 3. The molecule has 1 fully saturated rings. The van der Waals surface area contributed by atoms with E-state index in [1.807, 2.05) is 30.3 Å². The molecule has 0 spiro atoms. The van der Waals surface area contributed by atoms with Crippen LogP contribution in [0.25, 0.3) is 11.5 Å². The van der Waals surface area contributed by atoms with Crippen LogP contribution in [0.2, 0.25) is 0 Å². The van der Waals surface area contributed by atoms with Crippen LogP contribution in [-0.2, 0) is 14.3 Å². The highest BCUT2D eigenvalue weighted by Crippen LogP contribution is 2.26. The molecule has 1 aromatic heterocycles. The molecule has 1 saturated heterocycles. The van der Waals surface area contributed by atoms with E-state index in [-0.39, 0.29) is 36.1 Å². The third-order valence-electron chi connectivity index (χ3n) is 4.48. The smallest absolute Gasteiger partial charge is 0.338 e. The van der Waals surface area contributed by atoms with E-state index in [9.17, 15) is 14.4 Å². The van der Waals surface area contributed by atoms with E-state index in [0.717, 1.165) is 10.5 Å². The first-order valence-corrected chi connectivity index (χ1v) is 9.08. The second-order valence-corrected chi connectivity index (χ2v) is 6.53. The zero-order valence-corrected chi connectivity index (χ0v) is 15.6. The first kappa shape index (κ1) is 18.5. The Labute approximate surface area is 166 Å². The Morgan fingerprint density at radius 3 is 2.48 bits per heavy atom. The fraction of sp³-hybridized carbons (Fsp3) is 0.190. The van der Waals surface area contributed by atoms with Gasteiger partial charge in [-0.1, -0.05) is 24.3 Å². The number of hydrogen-bond acceptors (Lipinski definition) is 7. The van der Waals surface area contributed by atoms with Gasteiger partial charge in [0.05, 0.1) is 11.3 Å². The maximum absolute atomic E-state index is 12.5. The van der Waals surface area contributed by atoms with Gasteiger partial charge in [0.1, 0.15) is 0 Å². The Hall–Kier alpha value is -3.81. The van der Waals surface area contributed by atoms with Gasteiger partial charge in [-0.2, -0.15) is 0 Å². The molecular formula is C21H17N3O5. The summed E-state index contributed by atoms with van der Waals surface area (Å²) in [5, 5.41) is 7.93. The third kappa shape index (κ3) is 3.77. The highest BCUT2D eigenvalue weighted by Gasteiger charge is 2.30. The van der Waals surface area contributed by atoms with Gasteiger partial charge in [0.25, 0.3) is 5.89 Å². The molecule has 0 bridgehead atoms. The van der Waals surface area contributed by atoms with Crippen molar-refractivity contribution in [2.45, 2.75) is 25.9 Å². The topological polar surface area (TPSA) is 103 Å². The van der Waals surface area contributed by atoms with E-state index >= 15 is 0 Å². The van der Waals surface area contributed by atoms with Crippen molar-refractivity contribution < 1.29 is 23.5 Å². The van der Waals surface area contributed by atoms with Crippen LogP contribution in [0.1, 0.15) is 42.1 Å². The summed E-state index contributed by atoms with van der Waals surface area (Å²) >= 11 is 0. The average molecular weight is 391 g/mol. The van der Waals surface area contributed by atoms with Gasteiger partial charge in [-0.25, -0.2) is 4.79 Å². The second-order valence-electron chi connectivity index (χ2n) is 6.53. The standard InChI is InChI=1S/C21H17N3O5/c1-13(19-22-23-20(29-19)14-6-3-2-4-7-14)28-21(27)15-8-5-9-16(12-15)24-17(25)10-11-18(24)26/h2-9,12-13H,10-11H2,1H3. The summed E-state index contributed by atoms with van der Waals surface area (Å²) in [5.74, 6) is -0.700. The number of rotatable bonds is 5. The molecule has 3 aromatic rings. The lowest BCUT2D eigenvalue weighted by Crippen LogP contribution is -2.28. The molecule has 1 aliphatic rings. The van der Waals surface area contributed by atoms with Crippen LogP contribution < -0.4 is 4.90 Å². The van der Waals surface area contributed by atoms with Crippen molar-refractivity contribution >= 4 is 23.5 Å².